The van der Waals surface area contributed by atoms with E-state index in [1.54, 1.807) is 12.1 Å². The largest absolute Gasteiger partial charge is 0.448 e. The molecule has 98 valence electrons. The zero-order chi connectivity index (χ0) is 13.4. The van der Waals surface area contributed by atoms with Crippen LogP contribution in [0.25, 0.3) is 0 Å². The molecule has 0 unspecified atom stereocenters. The normalized spacial score (nSPS) is 9.61. The highest BCUT2D eigenvalue weighted by Gasteiger charge is 2.07. The van der Waals surface area contributed by atoms with Crippen LogP contribution in [0.2, 0.25) is 0 Å². The van der Waals surface area contributed by atoms with Gasteiger partial charge in [0.05, 0.1) is 6.54 Å². The molecule has 4 N–H and O–H groups in total. The highest BCUT2D eigenvalue weighted by Crippen LogP contribution is 2.01. The van der Waals surface area contributed by atoms with Crippen molar-refractivity contribution >= 4 is 17.8 Å². The average Bonchev–Trinajstić information content (AvgIpc) is 2.35. The molecule has 0 saturated carbocycles. The highest BCUT2D eigenvalue weighted by molar-refractivity contribution is 5.92. The summed E-state index contributed by atoms with van der Waals surface area (Å²) >= 11 is 0. The number of amides is 2. The number of carbonyl (C=O) groups excluding carboxylic acids is 2. The van der Waals surface area contributed by atoms with Gasteiger partial charge in [0.1, 0.15) is 12.4 Å². The van der Waals surface area contributed by atoms with E-state index in [9.17, 15) is 9.59 Å². The maximum absolute atomic E-state index is 11.6. The number of nitrogens with one attached hydrogen (secondary N) is 2. The zero-order valence-corrected chi connectivity index (χ0v) is 9.97. The Balaban J connectivity index is 2.39. The third-order valence-corrected chi connectivity index (χ3v) is 1.89. The van der Waals surface area contributed by atoms with Gasteiger partial charge in [-0.2, -0.15) is 0 Å². The smallest absolute Gasteiger partial charge is 0.404 e. The second kappa shape index (κ2) is 7.05. The van der Waals surface area contributed by atoms with Gasteiger partial charge < -0.3 is 21.1 Å². The minimum Gasteiger partial charge on any atom is -0.448 e. The number of hydrogen-bond donors (Lipinski definition) is 3. The van der Waals surface area contributed by atoms with Gasteiger partial charge in [0.2, 0.25) is 0 Å². The van der Waals surface area contributed by atoms with Crippen LogP contribution in [0.15, 0.2) is 12.1 Å². The summed E-state index contributed by atoms with van der Waals surface area (Å²) in [4.78, 5) is 21.8. The van der Waals surface area contributed by atoms with Crippen molar-refractivity contribution < 1.29 is 14.3 Å². The average molecular weight is 253 g/mol. The molecule has 1 aromatic rings. The summed E-state index contributed by atoms with van der Waals surface area (Å²) in [5, 5.41) is 13.0. The van der Waals surface area contributed by atoms with Crippen LogP contribution in [0.4, 0.5) is 10.6 Å². The molecule has 0 aromatic carbocycles. The fraction of sp³-hybridized carbons (Fsp3) is 0.400. The monoisotopic (exact) mass is 253 g/mol. The number of anilines is 1. The molecular weight excluding hydrogens is 238 g/mol. The molecule has 8 nitrogen and oxygen atoms in total. The molecule has 0 radical (unpaired) electrons. The number of nitrogens with zero attached hydrogens (tertiary/aromatic N) is 2. The third kappa shape index (κ3) is 4.64. The molecule has 1 heterocycles. The van der Waals surface area contributed by atoms with Crippen molar-refractivity contribution in [1.82, 2.24) is 15.5 Å². The van der Waals surface area contributed by atoms with E-state index >= 15 is 0 Å². The summed E-state index contributed by atoms with van der Waals surface area (Å²) in [6.45, 7) is 2.84. The van der Waals surface area contributed by atoms with Crippen LogP contribution in [0.1, 0.15) is 17.4 Å². The molecule has 1 aromatic heterocycles. The molecule has 8 heteroatoms. The van der Waals surface area contributed by atoms with E-state index in [4.69, 9.17) is 5.73 Å². The first-order valence-electron chi connectivity index (χ1n) is 5.41. The Morgan fingerprint density at radius 2 is 2.17 bits per heavy atom. The molecule has 0 saturated heterocycles. The van der Waals surface area contributed by atoms with Gasteiger partial charge in [-0.05, 0) is 19.1 Å². The number of ether oxygens (including phenoxy) is 1. The molecule has 2 amide bonds. The lowest BCUT2D eigenvalue weighted by atomic mass is 10.3. The highest BCUT2D eigenvalue weighted by atomic mass is 16.5. The summed E-state index contributed by atoms with van der Waals surface area (Å²) in [6.07, 6.45) is -0.876. The van der Waals surface area contributed by atoms with Crippen molar-refractivity contribution in [3.8, 4) is 0 Å². The molecule has 1 rings (SSSR count). The van der Waals surface area contributed by atoms with E-state index < -0.39 is 12.0 Å². The van der Waals surface area contributed by atoms with Crippen molar-refractivity contribution in [2.24, 2.45) is 5.73 Å². The predicted octanol–water partition coefficient (Wildman–Crippen LogP) is -0.266. The number of hydrogen-bond acceptors (Lipinski definition) is 6. The van der Waals surface area contributed by atoms with Gasteiger partial charge in [0, 0.05) is 6.54 Å². The van der Waals surface area contributed by atoms with Crippen LogP contribution in [0.5, 0.6) is 0 Å². The first-order chi connectivity index (χ1) is 8.63. The van der Waals surface area contributed by atoms with E-state index in [0.29, 0.717) is 5.82 Å². The molecule has 0 aliphatic heterocycles. The Labute approximate surface area is 104 Å². The zero-order valence-electron chi connectivity index (χ0n) is 9.97. The molecule has 0 aliphatic rings. The number of rotatable bonds is 6. The van der Waals surface area contributed by atoms with E-state index in [1.165, 1.54) is 0 Å². The standard InChI is InChI=1S/C10H15N5O3/c1-2-12-8-4-3-7(14-15-8)9(16)13-5-6-18-10(11)17/h3-4H,2,5-6H2,1H3,(H2,11,17)(H,12,15)(H,13,16). The van der Waals surface area contributed by atoms with Crippen LogP contribution in [0.3, 0.4) is 0 Å². The van der Waals surface area contributed by atoms with Gasteiger partial charge in [-0.25, -0.2) is 4.79 Å². The molecule has 0 aliphatic carbocycles. The van der Waals surface area contributed by atoms with Crippen LogP contribution >= 0.6 is 0 Å². The van der Waals surface area contributed by atoms with Crippen LogP contribution in [0, 0.1) is 0 Å². The Morgan fingerprint density at radius 1 is 1.39 bits per heavy atom. The summed E-state index contributed by atoms with van der Waals surface area (Å²) in [7, 11) is 0. The van der Waals surface area contributed by atoms with Crippen molar-refractivity contribution in [2.45, 2.75) is 6.92 Å². The lowest BCUT2D eigenvalue weighted by Gasteiger charge is -2.05. The lowest BCUT2D eigenvalue weighted by Crippen LogP contribution is -2.29. The predicted molar refractivity (Wildman–Crippen MR) is 64.1 cm³/mol. The van der Waals surface area contributed by atoms with Crippen LogP contribution in [-0.2, 0) is 4.74 Å². The Bertz CT molecular complexity index is 406. The Morgan fingerprint density at radius 3 is 2.72 bits per heavy atom. The van der Waals surface area contributed by atoms with Gasteiger partial charge >= 0.3 is 6.09 Å². The van der Waals surface area contributed by atoms with Crippen LogP contribution < -0.4 is 16.4 Å². The Kier molecular flexibility index (Phi) is 5.36. The van der Waals surface area contributed by atoms with Crippen molar-refractivity contribution in [2.75, 3.05) is 25.0 Å². The van der Waals surface area contributed by atoms with E-state index in [1.807, 2.05) is 6.92 Å². The molecule has 0 bridgehead atoms. The van der Waals surface area contributed by atoms with E-state index in [-0.39, 0.29) is 18.8 Å². The number of nitrogens with two attached hydrogens (primary N) is 1. The fourth-order valence-electron chi connectivity index (χ4n) is 1.14. The summed E-state index contributed by atoms with van der Waals surface area (Å²) in [5.41, 5.74) is 4.95. The maximum Gasteiger partial charge on any atom is 0.404 e. The minimum absolute atomic E-state index is 0.0178. The van der Waals surface area contributed by atoms with Crippen molar-refractivity contribution in [3.05, 3.63) is 17.8 Å². The molecule has 0 atom stereocenters. The second-order valence-corrected chi connectivity index (χ2v) is 3.26. The van der Waals surface area contributed by atoms with Crippen molar-refractivity contribution in [3.63, 3.8) is 0 Å². The van der Waals surface area contributed by atoms with E-state index in [0.717, 1.165) is 6.54 Å². The van der Waals surface area contributed by atoms with Gasteiger partial charge in [-0.3, -0.25) is 4.79 Å². The van der Waals surface area contributed by atoms with Gasteiger partial charge in [-0.15, -0.1) is 10.2 Å². The topological polar surface area (TPSA) is 119 Å². The van der Waals surface area contributed by atoms with E-state index in [2.05, 4.69) is 25.6 Å². The first-order valence-corrected chi connectivity index (χ1v) is 5.41. The number of carbonyl (C=O) groups is 2. The number of aromatic nitrogens is 2. The summed E-state index contributed by atoms with van der Waals surface area (Å²) in [6, 6.07) is 3.21. The summed E-state index contributed by atoms with van der Waals surface area (Å²) < 4.78 is 4.46. The molecular formula is C10H15N5O3. The van der Waals surface area contributed by atoms with Gasteiger partial charge in [0.15, 0.2) is 5.69 Å². The van der Waals surface area contributed by atoms with Crippen molar-refractivity contribution in [1.29, 1.82) is 0 Å². The van der Waals surface area contributed by atoms with Gasteiger partial charge in [0.25, 0.3) is 5.91 Å². The second-order valence-electron chi connectivity index (χ2n) is 3.26. The lowest BCUT2D eigenvalue weighted by molar-refractivity contribution is 0.0931. The molecule has 0 spiro atoms. The number of primary amides is 1. The summed E-state index contributed by atoms with van der Waals surface area (Å²) in [5.74, 6) is 0.213. The maximum atomic E-state index is 11.6. The minimum atomic E-state index is -0.876. The molecule has 0 fully saturated rings. The fourth-order valence-corrected chi connectivity index (χ4v) is 1.14. The molecule has 18 heavy (non-hydrogen) atoms. The first kappa shape index (κ1) is 13.7. The van der Waals surface area contributed by atoms with Crippen LogP contribution in [-0.4, -0.2) is 41.9 Å². The quantitative estimate of drug-likeness (QED) is 0.600. The third-order valence-electron chi connectivity index (χ3n) is 1.89. The Hall–Kier alpha value is -2.38. The van der Waals surface area contributed by atoms with Gasteiger partial charge in [-0.1, -0.05) is 0 Å². The SMILES string of the molecule is CCNc1ccc(C(=O)NCCOC(N)=O)nn1.